The quantitative estimate of drug-likeness (QED) is 0.209. The monoisotopic (exact) mass is 692 g/mol. The summed E-state index contributed by atoms with van der Waals surface area (Å²) in [6, 6.07) is 4.17. The van der Waals surface area contributed by atoms with Crippen molar-refractivity contribution in [3.8, 4) is 0 Å². The van der Waals surface area contributed by atoms with E-state index in [-0.39, 0.29) is 50.8 Å². The second-order valence-corrected chi connectivity index (χ2v) is 14.1. The van der Waals surface area contributed by atoms with Crippen LogP contribution < -0.4 is 16.4 Å². The van der Waals surface area contributed by atoms with Crippen molar-refractivity contribution >= 4 is 40.5 Å². The molecule has 0 bridgehead atoms. The molecular weight excluding hydrogens is 648 g/mol. The first-order chi connectivity index (χ1) is 23.9. The molecule has 16 heteroatoms. The first kappa shape index (κ1) is 35.1. The van der Waals surface area contributed by atoms with E-state index in [2.05, 4.69) is 25.9 Å². The van der Waals surface area contributed by atoms with Crippen LogP contribution in [-0.2, 0) is 29.5 Å². The number of rotatable bonds is 11. The minimum atomic E-state index is -1.60. The molecule has 0 radical (unpaired) electrons. The summed E-state index contributed by atoms with van der Waals surface area (Å²) in [6.07, 6.45) is 6.76. The van der Waals surface area contributed by atoms with Gasteiger partial charge in [0.15, 0.2) is 5.58 Å². The minimum Gasteiger partial charge on any atom is -0.432 e. The topological polar surface area (TPSA) is 225 Å². The van der Waals surface area contributed by atoms with Crippen LogP contribution in [0.2, 0.25) is 0 Å². The Labute approximate surface area is 288 Å². The molecule has 16 nitrogen and oxygen atoms in total. The summed E-state index contributed by atoms with van der Waals surface area (Å²) in [6.45, 7) is 3.39. The molecule has 4 amide bonds. The highest BCUT2D eigenvalue weighted by atomic mass is 16.5. The lowest BCUT2D eigenvalue weighted by atomic mass is 9.84. The number of nitrogens with two attached hydrogens (primary N) is 1. The van der Waals surface area contributed by atoms with E-state index in [4.69, 9.17) is 14.9 Å². The minimum absolute atomic E-state index is 0.0108. The van der Waals surface area contributed by atoms with E-state index >= 15 is 0 Å². The van der Waals surface area contributed by atoms with Crippen LogP contribution in [0.15, 0.2) is 34.9 Å². The van der Waals surface area contributed by atoms with E-state index in [1.165, 1.54) is 15.8 Å². The van der Waals surface area contributed by atoms with Gasteiger partial charge >= 0.3 is 5.91 Å². The number of aliphatic hydroxyl groups is 1. The normalized spacial score (nSPS) is 21.9. The van der Waals surface area contributed by atoms with E-state index in [1.807, 2.05) is 0 Å². The van der Waals surface area contributed by atoms with Crippen molar-refractivity contribution in [2.45, 2.75) is 101 Å². The second-order valence-electron chi connectivity index (χ2n) is 14.1. The van der Waals surface area contributed by atoms with Crippen molar-refractivity contribution in [1.82, 2.24) is 35.5 Å². The number of hydrogen-bond donors (Lipinski definition) is 4. The molecule has 2 aromatic heterocycles. The molecule has 3 aliphatic rings. The number of aromatic nitrogens is 4. The zero-order chi connectivity index (χ0) is 35.6. The number of fused-ring (bicyclic) bond motifs is 1. The number of para-hydroxylation sites is 2. The Morgan fingerprint density at radius 2 is 1.82 bits per heavy atom. The van der Waals surface area contributed by atoms with E-state index in [1.54, 1.807) is 38.1 Å². The third kappa shape index (κ3) is 7.26. The Kier molecular flexibility index (Phi) is 10.0. The average molecular weight is 693 g/mol. The molecule has 3 fully saturated rings. The highest BCUT2D eigenvalue weighted by Gasteiger charge is 2.49. The molecule has 1 unspecified atom stereocenters. The van der Waals surface area contributed by atoms with Gasteiger partial charge in [0, 0.05) is 39.0 Å². The third-order valence-corrected chi connectivity index (χ3v) is 10.2. The molecule has 3 aromatic rings. The first-order valence-corrected chi connectivity index (χ1v) is 17.2. The van der Waals surface area contributed by atoms with Gasteiger partial charge in [0.2, 0.25) is 17.6 Å². The SMILES string of the molecule is CC(C)(O)c1cnnn1[C@H]1C[C@@H](C(=O)NC2(C(=O)C(N)=O)CCOCC2)N(C(=O)C(CC2CCCCC2)NC(=O)c2nc3ccccc3o2)C1. The fourth-order valence-corrected chi connectivity index (χ4v) is 7.49. The van der Waals surface area contributed by atoms with Crippen LogP contribution >= 0.6 is 0 Å². The molecule has 3 atom stereocenters. The number of Topliss-reactive ketones (excluding diaryl/α,β-unsaturated/α-hetero) is 1. The Morgan fingerprint density at radius 3 is 2.50 bits per heavy atom. The summed E-state index contributed by atoms with van der Waals surface area (Å²) >= 11 is 0. The molecule has 50 heavy (non-hydrogen) atoms. The van der Waals surface area contributed by atoms with Crippen LogP contribution in [0.3, 0.4) is 0 Å². The molecule has 1 aliphatic carbocycles. The molecule has 2 saturated heterocycles. The van der Waals surface area contributed by atoms with Crippen molar-refractivity contribution in [3.05, 3.63) is 42.0 Å². The van der Waals surface area contributed by atoms with Crippen molar-refractivity contribution in [3.63, 3.8) is 0 Å². The van der Waals surface area contributed by atoms with Gasteiger partial charge in [-0.15, -0.1) is 5.10 Å². The first-order valence-electron chi connectivity index (χ1n) is 17.2. The fraction of sp³-hybridized carbons (Fsp3) is 0.588. The van der Waals surface area contributed by atoms with Crippen molar-refractivity contribution in [2.75, 3.05) is 19.8 Å². The zero-order valence-corrected chi connectivity index (χ0v) is 28.3. The van der Waals surface area contributed by atoms with Gasteiger partial charge in [-0.05, 0) is 38.3 Å². The Morgan fingerprint density at radius 1 is 1.10 bits per heavy atom. The maximum Gasteiger partial charge on any atom is 0.307 e. The van der Waals surface area contributed by atoms with E-state index < -0.39 is 58.7 Å². The molecule has 2 aliphatic heterocycles. The Bertz CT molecular complexity index is 1720. The predicted octanol–water partition coefficient (Wildman–Crippen LogP) is 1.28. The number of nitrogens with one attached hydrogen (secondary N) is 2. The third-order valence-electron chi connectivity index (χ3n) is 10.2. The molecule has 5 N–H and O–H groups in total. The van der Waals surface area contributed by atoms with Crippen LogP contribution in [0.1, 0.15) is 94.1 Å². The molecule has 1 saturated carbocycles. The summed E-state index contributed by atoms with van der Waals surface area (Å²) in [5.41, 5.74) is 3.77. The molecule has 0 spiro atoms. The van der Waals surface area contributed by atoms with Crippen molar-refractivity contribution in [2.24, 2.45) is 11.7 Å². The van der Waals surface area contributed by atoms with Crippen LogP contribution in [0.4, 0.5) is 0 Å². The zero-order valence-electron chi connectivity index (χ0n) is 28.3. The van der Waals surface area contributed by atoms with Gasteiger partial charge in [0.1, 0.15) is 28.7 Å². The standard InChI is InChI=1S/C34H44N8O8/c1-33(2,48)26-18-36-40-42(26)21-17-24(29(45)39-34(27(43)28(35)44)12-14-49-15-13-34)41(19-21)32(47)23(16-20-8-4-3-5-9-20)37-30(46)31-38-22-10-6-7-11-25(22)50-31/h6-7,10-11,18,20-21,23-24,48H,3-5,8-9,12-17,19H2,1-2H3,(H2,35,44)(H,37,46)(H,39,45)/t21-,23?,24-/m0/s1. The summed E-state index contributed by atoms with van der Waals surface area (Å²) in [5, 5.41) is 24.7. The number of carbonyl (C=O) groups is 5. The van der Waals surface area contributed by atoms with Gasteiger partial charge in [-0.3, -0.25) is 24.0 Å². The Balaban J connectivity index is 1.33. The average Bonchev–Trinajstić information content (AvgIpc) is 3.86. The number of likely N-dealkylation sites (tertiary alicyclic amines) is 1. The van der Waals surface area contributed by atoms with E-state index in [0.29, 0.717) is 23.2 Å². The maximum atomic E-state index is 14.7. The lowest BCUT2D eigenvalue weighted by Crippen LogP contribution is -2.64. The van der Waals surface area contributed by atoms with Crippen LogP contribution in [0.25, 0.3) is 11.1 Å². The fourth-order valence-electron chi connectivity index (χ4n) is 7.49. The number of ketones is 1. The highest BCUT2D eigenvalue weighted by Crippen LogP contribution is 2.34. The van der Waals surface area contributed by atoms with Gasteiger partial charge < -0.3 is 35.5 Å². The lowest BCUT2D eigenvalue weighted by Gasteiger charge is -2.37. The van der Waals surface area contributed by atoms with E-state index in [9.17, 15) is 29.1 Å². The van der Waals surface area contributed by atoms with Crippen LogP contribution in [-0.4, -0.2) is 96.8 Å². The smallest absolute Gasteiger partial charge is 0.307 e. The highest BCUT2D eigenvalue weighted by molar-refractivity contribution is 6.39. The van der Waals surface area contributed by atoms with Gasteiger partial charge in [0.25, 0.3) is 11.8 Å². The maximum absolute atomic E-state index is 14.7. The summed E-state index contributed by atoms with van der Waals surface area (Å²) < 4.78 is 12.6. The molecular formula is C34H44N8O8. The second kappa shape index (κ2) is 14.3. The number of hydrogen-bond acceptors (Lipinski definition) is 11. The number of nitrogens with zero attached hydrogens (tertiary/aromatic N) is 5. The van der Waals surface area contributed by atoms with Gasteiger partial charge in [0.05, 0.1) is 17.9 Å². The molecule has 268 valence electrons. The molecule has 1 aromatic carbocycles. The largest absolute Gasteiger partial charge is 0.432 e. The number of primary amides is 1. The van der Waals surface area contributed by atoms with Gasteiger partial charge in [-0.25, -0.2) is 9.67 Å². The van der Waals surface area contributed by atoms with Crippen LogP contribution in [0, 0.1) is 5.92 Å². The summed E-state index contributed by atoms with van der Waals surface area (Å²) in [5.74, 6) is -3.99. The number of ether oxygens (including phenoxy) is 1. The lowest BCUT2D eigenvalue weighted by molar-refractivity contribution is -0.147. The number of benzene rings is 1. The van der Waals surface area contributed by atoms with Crippen molar-refractivity contribution < 1.29 is 38.2 Å². The van der Waals surface area contributed by atoms with Gasteiger partial charge in [-0.1, -0.05) is 49.5 Å². The predicted molar refractivity (Wildman–Crippen MR) is 176 cm³/mol. The number of amides is 4. The number of oxazole rings is 1. The van der Waals surface area contributed by atoms with Crippen LogP contribution in [0.5, 0.6) is 0 Å². The van der Waals surface area contributed by atoms with E-state index in [0.717, 1.165) is 32.1 Å². The molecule has 6 rings (SSSR count). The summed E-state index contributed by atoms with van der Waals surface area (Å²) in [4.78, 5) is 73.4. The van der Waals surface area contributed by atoms with Gasteiger partial charge in [-0.2, -0.15) is 0 Å². The molecule has 4 heterocycles. The Hall–Kier alpha value is -4.70. The van der Waals surface area contributed by atoms with Crippen molar-refractivity contribution in [1.29, 1.82) is 0 Å². The number of carbonyl (C=O) groups excluding carboxylic acids is 5. The summed E-state index contributed by atoms with van der Waals surface area (Å²) in [7, 11) is 0.